The van der Waals surface area contributed by atoms with Gasteiger partial charge in [-0.3, -0.25) is 14.9 Å². The van der Waals surface area contributed by atoms with E-state index in [0.717, 1.165) is 0 Å². The monoisotopic (exact) mass is 409 g/mol. The number of amides is 1. The minimum atomic E-state index is -0.496. The lowest BCUT2D eigenvalue weighted by atomic mass is 10.0. The molecule has 29 heavy (non-hydrogen) atoms. The van der Waals surface area contributed by atoms with E-state index in [4.69, 9.17) is 14.7 Å². The molecule has 0 saturated carbocycles. The fourth-order valence-electron chi connectivity index (χ4n) is 2.55. The summed E-state index contributed by atoms with van der Waals surface area (Å²) in [6, 6.07) is 14.7. The highest BCUT2D eigenvalue weighted by atomic mass is 32.1. The predicted octanol–water partition coefficient (Wildman–Crippen LogP) is 4.22. The van der Waals surface area contributed by atoms with Crippen molar-refractivity contribution in [3.05, 3.63) is 69.6 Å². The lowest BCUT2D eigenvalue weighted by molar-refractivity contribution is -0.384. The van der Waals surface area contributed by atoms with E-state index in [2.05, 4.69) is 5.32 Å². The van der Waals surface area contributed by atoms with Gasteiger partial charge in [-0.25, -0.2) is 0 Å². The second-order valence-corrected chi connectivity index (χ2v) is 6.69. The maximum absolute atomic E-state index is 12.2. The van der Waals surface area contributed by atoms with Gasteiger partial charge in [-0.05, 0) is 35.2 Å². The number of nitro benzene ring substituents is 1. The summed E-state index contributed by atoms with van der Waals surface area (Å²) >= 11 is 1.24. The summed E-state index contributed by atoms with van der Waals surface area (Å²) in [6.07, 6.45) is 0. The third kappa shape index (κ3) is 4.69. The van der Waals surface area contributed by atoms with Crippen LogP contribution in [0.3, 0.4) is 0 Å². The number of hydrogen-bond donors (Lipinski definition) is 1. The molecule has 0 aliphatic carbocycles. The van der Waals surface area contributed by atoms with Crippen LogP contribution in [0.4, 0.5) is 10.7 Å². The van der Waals surface area contributed by atoms with Crippen LogP contribution in [0.1, 0.15) is 5.56 Å². The third-order valence-corrected chi connectivity index (χ3v) is 4.80. The number of carbonyl (C=O) groups excluding carboxylic acids is 1. The van der Waals surface area contributed by atoms with Crippen LogP contribution in [0.2, 0.25) is 0 Å². The van der Waals surface area contributed by atoms with Crippen molar-refractivity contribution >= 4 is 27.9 Å². The van der Waals surface area contributed by atoms with Gasteiger partial charge in [-0.15, -0.1) is 11.3 Å². The van der Waals surface area contributed by atoms with Gasteiger partial charge >= 0.3 is 0 Å². The summed E-state index contributed by atoms with van der Waals surface area (Å²) in [5.41, 5.74) is 1.43. The van der Waals surface area contributed by atoms with Crippen molar-refractivity contribution in [2.45, 2.75) is 0 Å². The number of nitriles is 1. The molecule has 2 aromatic carbocycles. The fourth-order valence-corrected chi connectivity index (χ4v) is 3.31. The van der Waals surface area contributed by atoms with Crippen LogP contribution < -0.4 is 14.8 Å². The molecule has 9 heteroatoms. The molecule has 0 fully saturated rings. The number of nitrogens with zero attached hydrogens (tertiary/aromatic N) is 2. The largest absolute Gasteiger partial charge is 0.497 e. The Balaban J connectivity index is 1.81. The Bertz CT molecular complexity index is 1090. The number of anilines is 1. The number of nitrogens with one attached hydrogen (secondary N) is 1. The Kier molecular flexibility index (Phi) is 6.06. The number of non-ortho nitro benzene ring substituents is 1. The van der Waals surface area contributed by atoms with Crippen LogP contribution in [0.15, 0.2) is 53.9 Å². The number of nitro groups is 1. The van der Waals surface area contributed by atoms with Crippen molar-refractivity contribution in [3.63, 3.8) is 0 Å². The molecule has 146 valence electrons. The van der Waals surface area contributed by atoms with Crippen molar-refractivity contribution in [1.29, 1.82) is 5.26 Å². The fraction of sp³-hybridized carbons (Fsp3) is 0.100. The molecule has 0 spiro atoms. The van der Waals surface area contributed by atoms with E-state index in [1.807, 2.05) is 6.07 Å². The molecule has 0 saturated heterocycles. The van der Waals surface area contributed by atoms with Gasteiger partial charge in [0.15, 0.2) is 6.61 Å². The van der Waals surface area contributed by atoms with Crippen LogP contribution in [0.25, 0.3) is 11.1 Å². The first kappa shape index (κ1) is 19.9. The summed E-state index contributed by atoms with van der Waals surface area (Å²) in [4.78, 5) is 22.9. The van der Waals surface area contributed by atoms with E-state index in [1.54, 1.807) is 42.8 Å². The Labute approximate surface area is 170 Å². The Hall–Kier alpha value is -3.90. The van der Waals surface area contributed by atoms with Gasteiger partial charge in [-0.1, -0.05) is 12.1 Å². The van der Waals surface area contributed by atoms with Crippen LogP contribution in [-0.2, 0) is 4.79 Å². The van der Waals surface area contributed by atoms with Crippen molar-refractivity contribution in [2.24, 2.45) is 0 Å². The first-order valence-electron chi connectivity index (χ1n) is 8.35. The van der Waals surface area contributed by atoms with Gasteiger partial charge < -0.3 is 14.8 Å². The molecule has 0 radical (unpaired) electrons. The number of hydrogen-bond acceptors (Lipinski definition) is 7. The van der Waals surface area contributed by atoms with Crippen molar-refractivity contribution < 1.29 is 19.2 Å². The highest BCUT2D eigenvalue weighted by molar-refractivity contribution is 7.14. The lowest BCUT2D eigenvalue weighted by Crippen LogP contribution is -2.20. The molecule has 1 aromatic heterocycles. The van der Waals surface area contributed by atoms with E-state index in [-0.39, 0.29) is 12.3 Å². The van der Waals surface area contributed by atoms with Crippen molar-refractivity contribution in [1.82, 2.24) is 0 Å². The standard InChI is InChI=1S/C20H15N3O5S/c1-27-16-5-2-13(3-6-16)17-10-15(23(25)26)4-7-18(17)28-12-19(24)22-20-14(11-21)8-9-29-20/h2-10H,12H2,1H3,(H,22,24). The molecule has 0 aliphatic rings. The minimum absolute atomic E-state index is 0.0927. The first-order valence-corrected chi connectivity index (χ1v) is 9.23. The number of carbonyl (C=O) groups is 1. The zero-order valence-corrected chi connectivity index (χ0v) is 16.1. The van der Waals surface area contributed by atoms with Crippen LogP contribution in [0, 0.1) is 21.4 Å². The van der Waals surface area contributed by atoms with E-state index in [1.165, 1.54) is 29.5 Å². The average Bonchev–Trinajstić information content (AvgIpc) is 3.19. The number of benzene rings is 2. The van der Waals surface area contributed by atoms with E-state index < -0.39 is 10.8 Å². The summed E-state index contributed by atoms with van der Waals surface area (Å²) < 4.78 is 10.8. The molecule has 1 amide bonds. The van der Waals surface area contributed by atoms with Gasteiger partial charge in [0.2, 0.25) is 0 Å². The number of ether oxygens (including phenoxy) is 2. The van der Waals surface area contributed by atoms with E-state index in [0.29, 0.717) is 33.2 Å². The molecule has 3 rings (SSSR count). The van der Waals surface area contributed by atoms with Gasteiger partial charge in [0.25, 0.3) is 11.6 Å². The van der Waals surface area contributed by atoms with Crippen LogP contribution in [0.5, 0.6) is 11.5 Å². The molecule has 0 bridgehead atoms. The highest BCUT2D eigenvalue weighted by Crippen LogP contribution is 2.34. The van der Waals surface area contributed by atoms with Gasteiger partial charge in [0.1, 0.15) is 22.6 Å². The van der Waals surface area contributed by atoms with Crippen molar-refractivity contribution in [3.8, 4) is 28.7 Å². The smallest absolute Gasteiger partial charge is 0.270 e. The zero-order valence-electron chi connectivity index (χ0n) is 15.2. The SMILES string of the molecule is COc1ccc(-c2cc([N+](=O)[O-])ccc2OCC(=O)Nc2sccc2C#N)cc1. The Morgan fingerprint density at radius 2 is 2.00 bits per heavy atom. The normalized spacial score (nSPS) is 10.1. The molecule has 0 aliphatic heterocycles. The Morgan fingerprint density at radius 1 is 1.24 bits per heavy atom. The quantitative estimate of drug-likeness (QED) is 0.461. The molecule has 8 nitrogen and oxygen atoms in total. The molecular weight excluding hydrogens is 394 g/mol. The maximum atomic E-state index is 12.2. The van der Waals surface area contributed by atoms with Gasteiger partial charge in [-0.2, -0.15) is 5.26 Å². The predicted molar refractivity (Wildman–Crippen MR) is 108 cm³/mol. The number of methoxy groups -OCH3 is 1. The van der Waals surface area contributed by atoms with Gasteiger partial charge in [0.05, 0.1) is 17.6 Å². The molecule has 0 atom stereocenters. The lowest BCUT2D eigenvalue weighted by Gasteiger charge is -2.12. The molecule has 0 unspecified atom stereocenters. The average molecular weight is 409 g/mol. The maximum Gasteiger partial charge on any atom is 0.270 e. The molecule has 3 aromatic rings. The molecular formula is C20H15N3O5S. The third-order valence-electron chi connectivity index (χ3n) is 3.97. The van der Waals surface area contributed by atoms with E-state index >= 15 is 0 Å². The number of rotatable bonds is 7. The molecule has 1 heterocycles. The minimum Gasteiger partial charge on any atom is -0.497 e. The zero-order chi connectivity index (χ0) is 20.8. The summed E-state index contributed by atoms with van der Waals surface area (Å²) in [7, 11) is 1.54. The van der Waals surface area contributed by atoms with Crippen LogP contribution in [-0.4, -0.2) is 24.5 Å². The van der Waals surface area contributed by atoms with Crippen LogP contribution >= 0.6 is 11.3 Å². The summed E-state index contributed by atoms with van der Waals surface area (Å²) in [5.74, 6) is 0.524. The second-order valence-electron chi connectivity index (χ2n) is 5.78. The second kappa shape index (κ2) is 8.86. The topological polar surface area (TPSA) is 114 Å². The highest BCUT2D eigenvalue weighted by Gasteiger charge is 2.15. The number of thiophene rings is 1. The summed E-state index contributed by atoms with van der Waals surface area (Å²) in [6.45, 7) is -0.316. The summed E-state index contributed by atoms with van der Waals surface area (Å²) in [5, 5.41) is 24.9. The first-order chi connectivity index (χ1) is 14.0. The van der Waals surface area contributed by atoms with Gasteiger partial charge in [0, 0.05) is 17.7 Å². The van der Waals surface area contributed by atoms with E-state index in [9.17, 15) is 14.9 Å². The molecule has 1 N–H and O–H groups in total. The van der Waals surface area contributed by atoms with Crippen molar-refractivity contribution in [2.75, 3.05) is 19.0 Å². The Morgan fingerprint density at radius 3 is 2.66 bits per heavy atom.